The maximum absolute atomic E-state index is 6.49. The Bertz CT molecular complexity index is 233. The van der Waals surface area contributed by atoms with E-state index in [-0.39, 0.29) is 5.54 Å². The normalized spacial score (nSPS) is 28.5. The summed E-state index contributed by atoms with van der Waals surface area (Å²) in [7, 11) is 2.24. The summed E-state index contributed by atoms with van der Waals surface area (Å²) in [4.78, 5) is 2.46. The van der Waals surface area contributed by atoms with Gasteiger partial charge in [-0.15, -0.1) is 0 Å². The van der Waals surface area contributed by atoms with Gasteiger partial charge in [0.2, 0.25) is 0 Å². The molecule has 18 heavy (non-hydrogen) atoms. The van der Waals surface area contributed by atoms with E-state index in [1.165, 1.54) is 51.5 Å². The van der Waals surface area contributed by atoms with E-state index in [0.29, 0.717) is 0 Å². The van der Waals surface area contributed by atoms with Gasteiger partial charge in [-0.3, -0.25) is 0 Å². The number of hydrogen-bond acceptors (Lipinski definition) is 3. The van der Waals surface area contributed by atoms with Crippen LogP contribution in [0.3, 0.4) is 0 Å². The highest BCUT2D eigenvalue weighted by molar-refractivity contribution is 4.87. The number of ether oxygens (including phenoxy) is 1. The molecular weight excluding hydrogens is 224 g/mol. The van der Waals surface area contributed by atoms with Crippen molar-refractivity contribution < 1.29 is 4.74 Å². The van der Waals surface area contributed by atoms with Gasteiger partial charge in [-0.2, -0.15) is 0 Å². The smallest absolute Gasteiger partial charge is 0.0506 e. The zero-order valence-electron chi connectivity index (χ0n) is 12.0. The van der Waals surface area contributed by atoms with Crippen molar-refractivity contribution in [3.05, 3.63) is 0 Å². The molecule has 0 aromatic heterocycles. The van der Waals surface area contributed by atoms with E-state index in [9.17, 15) is 0 Å². The SMILES string of the molecule is CN(CCC1(N)CCCCC1)CC1CCCOC1. The van der Waals surface area contributed by atoms with Crippen LogP contribution in [0.5, 0.6) is 0 Å². The van der Waals surface area contributed by atoms with Gasteiger partial charge in [0.05, 0.1) is 6.61 Å². The van der Waals surface area contributed by atoms with Crippen molar-refractivity contribution in [2.75, 3.05) is 33.4 Å². The number of nitrogens with two attached hydrogens (primary N) is 1. The molecule has 0 spiro atoms. The van der Waals surface area contributed by atoms with Crippen LogP contribution in [0.25, 0.3) is 0 Å². The lowest BCUT2D eigenvalue weighted by atomic mass is 9.80. The molecule has 1 unspecified atom stereocenters. The summed E-state index contributed by atoms with van der Waals surface area (Å²) in [6.45, 7) is 4.24. The van der Waals surface area contributed by atoms with Gasteiger partial charge < -0.3 is 15.4 Å². The van der Waals surface area contributed by atoms with E-state index >= 15 is 0 Å². The van der Waals surface area contributed by atoms with Crippen LogP contribution >= 0.6 is 0 Å². The molecule has 0 aromatic rings. The van der Waals surface area contributed by atoms with Crippen LogP contribution in [0.15, 0.2) is 0 Å². The topological polar surface area (TPSA) is 38.5 Å². The van der Waals surface area contributed by atoms with Crippen molar-refractivity contribution in [2.24, 2.45) is 11.7 Å². The van der Waals surface area contributed by atoms with Gasteiger partial charge >= 0.3 is 0 Å². The quantitative estimate of drug-likeness (QED) is 0.819. The molecule has 1 aliphatic heterocycles. The first-order chi connectivity index (χ1) is 8.68. The second kappa shape index (κ2) is 6.88. The van der Waals surface area contributed by atoms with Crippen LogP contribution in [0.4, 0.5) is 0 Å². The molecule has 0 radical (unpaired) electrons. The minimum absolute atomic E-state index is 0.134. The van der Waals surface area contributed by atoms with Crippen molar-refractivity contribution in [2.45, 2.75) is 56.9 Å². The third-order valence-electron chi connectivity index (χ3n) is 4.67. The fraction of sp³-hybridized carbons (Fsp3) is 1.00. The molecule has 1 heterocycles. The molecule has 106 valence electrons. The Morgan fingerprint density at radius 1 is 1.22 bits per heavy atom. The Balaban J connectivity index is 1.65. The highest BCUT2D eigenvalue weighted by Crippen LogP contribution is 2.28. The van der Waals surface area contributed by atoms with Crippen LogP contribution in [-0.4, -0.2) is 43.8 Å². The molecule has 2 rings (SSSR count). The average Bonchev–Trinajstić information content (AvgIpc) is 2.39. The van der Waals surface area contributed by atoms with Crippen LogP contribution in [0, 0.1) is 5.92 Å². The molecule has 1 saturated carbocycles. The summed E-state index contributed by atoms with van der Waals surface area (Å²) in [6, 6.07) is 0. The van der Waals surface area contributed by atoms with Gasteiger partial charge in [-0.25, -0.2) is 0 Å². The molecule has 1 saturated heterocycles. The first kappa shape index (κ1) is 14.3. The zero-order chi connectivity index (χ0) is 12.8. The lowest BCUT2D eigenvalue weighted by Gasteiger charge is -2.35. The fourth-order valence-electron chi connectivity index (χ4n) is 3.40. The van der Waals surface area contributed by atoms with Gasteiger partial charge in [-0.05, 0) is 51.6 Å². The number of rotatable bonds is 5. The summed E-state index contributed by atoms with van der Waals surface area (Å²) in [6.07, 6.45) is 10.2. The van der Waals surface area contributed by atoms with Crippen molar-refractivity contribution in [3.63, 3.8) is 0 Å². The Labute approximate surface area is 112 Å². The predicted molar refractivity (Wildman–Crippen MR) is 75.7 cm³/mol. The molecule has 3 heteroatoms. The van der Waals surface area contributed by atoms with Crippen molar-refractivity contribution in [1.82, 2.24) is 4.90 Å². The maximum atomic E-state index is 6.49. The predicted octanol–water partition coefficient (Wildman–Crippen LogP) is 2.40. The molecule has 2 aliphatic rings. The van der Waals surface area contributed by atoms with Crippen LogP contribution in [0.2, 0.25) is 0 Å². The second-order valence-electron chi connectivity index (χ2n) is 6.52. The lowest BCUT2D eigenvalue weighted by molar-refractivity contribution is 0.0409. The summed E-state index contributed by atoms with van der Waals surface area (Å²) in [5.74, 6) is 0.740. The van der Waals surface area contributed by atoms with E-state index < -0.39 is 0 Å². The molecule has 3 nitrogen and oxygen atoms in total. The summed E-state index contributed by atoms with van der Waals surface area (Å²) in [5, 5.41) is 0. The highest BCUT2D eigenvalue weighted by Gasteiger charge is 2.27. The van der Waals surface area contributed by atoms with Crippen molar-refractivity contribution >= 4 is 0 Å². The molecule has 1 aliphatic carbocycles. The molecule has 0 amide bonds. The minimum Gasteiger partial charge on any atom is -0.381 e. The van der Waals surface area contributed by atoms with Crippen molar-refractivity contribution in [3.8, 4) is 0 Å². The first-order valence-electron chi connectivity index (χ1n) is 7.73. The van der Waals surface area contributed by atoms with E-state index in [2.05, 4.69) is 11.9 Å². The first-order valence-corrected chi connectivity index (χ1v) is 7.73. The van der Waals surface area contributed by atoms with Gasteiger partial charge in [0.25, 0.3) is 0 Å². The molecule has 1 atom stereocenters. The third kappa shape index (κ3) is 4.52. The zero-order valence-corrected chi connectivity index (χ0v) is 12.0. The molecule has 2 fully saturated rings. The summed E-state index contributed by atoms with van der Waals surface area (Å²) < 4.78 is 5.55. The van der Waals surface area contributed by atoms with E-state index in [1.54, 1.807) is 0 Å². The van der Waals surface area contributed by atoms with Crippen molar-refractivity contribution in [1.29, 1.82) is 0 Å². The highest BCUT2D eigenvalue weighted by atomic mass is 16.5. The molecule has 2 N–H and O–H groups in total. The Kier molecular flexibility index (Phi) is 5.46. The van der Waals surface area contributed by atoms with E-state index in [0.717, 1.165) is 32.1 Å². The standard InChI is InChI=1S/C15H30N2O/c1-17(12-14-6-5-11-18-13-14)10-9-15(16)7-3-2-4-8-15/h14H,2-13,16H2,1H3. The van der Waals surface area contributed by atoms with E-state index in [4.69, 9.17) is 10.5 Å². The van der Waals surface area contributed by atoms with Crippen LogP contribution < -0.4 is 5.73 Å². The lowest BCUT2D eigenvalue weighted by Crippen LogP contribution is -2.44. The van der Waals surface area contributed by atoms with Crippen LogP contribution in [0.1, 0.15) is 51.4 Å². The maximum Gasteiger partial charge on any atom is 0.0506 e. The Morgan fingerprint density at radius 3 is 2.67 bits per heavy atom. The molecule has 0 bridgehead atoms. The van der Waals surface area contributed by atoms with Crippen LogP contribution in [-0.2, 0) is 4.74 Å². The van der Waals surface area contributed by atoms with Gasteiger partial charge in [0.15, 0.2) is 0 Å². The van der Waals surface area contributed by atoms with Gasteiger partial charge in [0, 0.05) is 18.7 Å². The number of hydrogen-bond donors (Lipinski definition) is 1. The Morgan fingerprint density at radius 2 is 2.00 bits per heavy atom. The second-order valence-corrected chi connectivity index (χ2v) is 6.52. The minimum atomic E-state index is 0.134. The largest absolute Gasteiger partial charge is 0.381 e. The summed E-state index contributed by atoms with van der Waals surface area (Å²) in [5.41, 5.74) is 6.62. The van der Waals surface area contributed by atoms with E-state index in [1.807, 2.05) is 0 Å². The van der Waals surface area contributed by atoms with Gasteiger partial charge in [-0.1, -0.05) is 19.3 Å². The monoisotopic (exact) mass is 254 g/mol. The fourth-order valence-corrected chi connectivity index (χ4v) is 3.40. The van der Waals surface area contributed by atoms with Gasteiger partial charge in [0.1, 0.15) is 0 Å². The molecular formula is C15H30N2O. The average molecular weight is 254 g/mol. The summed E-state index contributed by atoms with van der Waals surface area (Å²) >= 11 is 0. The Hall–Kier alpha value is -0.120. The molecule has 0 aromatic carbocycles. The third-order valence-corrected chi connectivity index (χ3v) is 4.67. The number of nitrogens with zero attached hydrogens (tertiary/aromatic N) is 1.